The number of halogens is 3. The van der Waals surface area contributed by atoms with Gasteiger partial charge in [0.05, 0.1) is 5.56 Å². The molecule has 3 atom stereocenters. The van der Waals surface area contributed by atoms with Gasteiger partial charge in [0, 0.05) is 11.7 Å². The average Bonchev–Trinajstić information content (AvgIpc) is 3.00. The maximum absolute atomic E-state index is 12.7. The number of nitrogens with one attached hydrogen (secondary N) is 2. The fourth-order valence-electron chi connectivity index (χ4n) is 3.06. The zero-order valence-electron chi connectivity index (χ0n) is 11.2. The van der Waals surface area contributed by atoms with Crippen LogP contribution in [0.4, 0.5) is 18.9 Å². The summed E-state index contributed by atoms with van der Waals surface area (Å²) in [6.07, 6.45) is 2.25. The number of fused-ring (bicyclic) bond motifs is 2. The summed E-state index contributed by atoms with van der Waals surface area (Å²) in [5, 5.41) is 6.42. The predicted molar refractivity (Wildman–Crippen MR) is 79.9 cm³/mol. The third-order valence-corrected chi connectivity index (χ3v) is 4.26. The van der Waals surface area contributed by atoms with Gasteiger partial charge in [-0.15, -0.1) is 0 Å². The van der Waals surface area contributed by atoms with Crippen LogP contribution in [0.3, 0.4) is 0 Å². The van der Waals surface area contributed by atoms with Crippen molar-refractivity contribution >= 4 is 23.0 Å². The molecular formula is C15H15F3N2S. The minimum atomic E-state index is -4.35. The highest BCUT2D eigenvalue weighted by molar-refractivity contribution is 7.80. The van der Waals surface area contributed by atoms with E-state index in [4.69, 9.17) is 12.2 Å². The fraction of sp³-hybridized carbons (Fsp3) is 0.400. The molecule has 1 aromatic rings. The first kappa shape index (κ1) is 14.4. The molecule has 0 aliphatic heterocycles. The first-order valence-corrected chi connectivity index (χ1v) is 7.26. The Morgan fingerprint density at radius 1 is 1.19 bits per heavy atom. The van der Waals surface area contributed by atoms with Gasteiger partial charge in [-0.3, -0.25) is 0 Å². The molecule has 2 aliphatic rings. The maximum Gasteiger partial charge on any atom is 0.416 e. The second-order valence-electron chi connectivity index (χ2n) is 5.56. The summed E-state index contributed by atoms with van der Waals surface area (Å²) in [4.78, 5) is 0. The van der Waals surface area contributed by atoms with E-state index >= 15 is 0 Å². The van der Waals surface area contributed by atoms with Gasteiger partial charge in [-0.2, -0.15) is 13.2 Å². The van der Waals surface area contributed by atoms with E-state index in [0.717, 1.165) is 25.0 Å². The van der Waals surface area contributed by atoms with Crippen LogP contribution in [-0.4, -0.2) is 11.2 Å². The Kier molecular flexibility index (Phi) is 3.65. The van der Waals surface area contributed by atoms with Gasteiger partial charge in [0.25, 0.3) is 0 Å². The van der Waals surface area contributed by atoms with Crippen molar-refractivity contribution in [2.45, 2.75) is 25.1 Å². The number of anilines is 1. The molecule has 2 N–H and O–H groups in total. The van der Waals surface area contributed by atoms with Crippen LogP contribution in [-0.2, 0) is 6.18 Å². The third kappa shape index (κ3) is 3.20. The average molecular weight is 312 g/mol. The topological polar surface area (TPSA) is 24.1 Å². The standard InChI is InChI=1S/C15H15F3N2S/c16-15(17,18)11-2-1-3-12(8-11)19-14(21)20-13-7-9-4-5-10(13)6-9/h1-5,8-10,13H,6-7H2,(H2,19,20,21)/t9-,10+,13-/m1/s1. The van der Waals surface area contributed by atoms with Gasteiger partial charge in [0.15, 0.2) is 5.11 Å². The highest BCUT2D eigenvalue weighted by atomic mass is 32.1. The Morgan fingerprint density at radius 2 is 2.00 bits per heavy atom. The number of benzene rings is 1. The van der Waals surface area contributed by atoms with Crippen molar-refractivity contribution in [3.63, 3.8) is 0 Å². The number of rotatable bonds is 2. The van der Waals surface area contributed by atoms with Crippen LogP contribution in [0.1, 0.15) is 18.4 Å². The molecule has 2 aliphatic carbocycles. The van der Waals surface area contributed by atoms with E-state index in [1.165, 1.54) is 6.07 Å². The zero-order valence-corrected chi connectivity index (χ0v) is 12.0. The molecule has 0 aromatic heterocycles. The number of hydrogen-bond acceptors (Lipinski definition) is 1. The van der Waals surface area contributed by atoms with Crippen LogP contribution in [0.15, 0.2) is 36.4 Å². The van der Waals surface area contributed by atoms with Crippen molar-refractivity contribution in [3.05, 3.63) is 42.0 Å². The first-order chi connectivity index (χ1) is 9.91. The van der Waals surface area contributed by atoms with Gasteiger partial charge >= 0.3 is 6.18 Å². The van der Waals surface area contributed by atoms with Crippen LogP contribution in [0.2, 0.25) is 0 Å². The van der Waals surface area contributed by atoms with Crippen LogP contribution in [0, 0.1) is 11.8 Å². The lowest BCUT2D eigenvalue weighted by atomic mass is 10.0. The van der Waals surface area contributed by atoms with E-state index in [9.17, 15) is 13.2 Å². The highest BCUT2D eigenvalue weighted by Crippen LogP contribution is 2.39. The van der Waals surface area contributed by atoms with Crippen LogP contribution in [0.5, 0.6) is 0 Å². The Hall–Kier alpha value is -1.56. The van der Waals surface area contributed by atoms with E-state index in [1.807, 2.05) is 0 Å². The Morgan fingerprint density at radius 3 is 2.62 bits per heavy atom. The Bertz CT molecular complexity index is 583. The van der Waals surface area contributed by atoms with Gasteiger partial charge < -0.3 is 10.6 Å². The van der Waals surface area contributed by atoms with Crippen molar-refractivity contribution in [2.24, 2.45) is 11.8 Å². The summed E-state index contributed by atoms with van der Waals surface area (Å²) in [5.41, 5.74) is -0.334. The molecule has 2 nitrogen and oxygen atoms in total. The largest absolute Gasteiger partial charge is 0.416 e. The molecule has 0 saturated heterocycles. The van der Waals surface area contributed by atoms with E-state index < -0.39 is 11.7 Å². The van der Waals surface area contributed by atoms with Crippen LogP contribution >= 0.6 is 12.2 Å². The summed E-state index contributed by atoms with van der Waals surface area (Å²) in [6.45, 7) is 0. The monoisotopic (exact) mass is 312 g/mol. The minimum Gasteiger partial charge on any atom is -0.359 e. The molecule has 0 amide bonds. The lowest BCUT2D eigenvalue weighted by Crippen LogP contribution is -2.40. The quantitative estimate of drug-likeness (QED) is 0.638. The van der Waals surface area contributed by atoms with E-state index in [2.05, 4.69) is 22.8 Å². The van der Waals surface area contributed by atoms with E-state index in [-0.39, 0.29) is 6.04 Å². The van der Waals surface area contributed by atoms with Gasteiger partial charge in [-0.25, -0.2) is 0 Å². The third-order valence-electron chi connectivity index (χ3n) is 4.04. The second-order valence-corrected chi connectivity index (χ2v) is 5.97. The summed E-state index contributed by atoms with van der Waals surface area (Å²) in [5.74, 6) is 1.10. The molecule has 6 heteroatoms. The molecule has 3 rings (SSSR count). The van der Waals surface area contributed by atoms with Crippen molar-refractivity contribution in [3.8, 4) is 0 Å². The summed E-state index contributed by atoms with van der Waals surface area (Å²) >= 11 is 5.20. The highest BCUT2D eigenvalue weighted by Gasteiger charge is 2.36. The van der Waals surface area contributed by atoms with Crippen molar-refractivity contribution in [1.29, 1.82) is 0 Å². The van der Waals surface area contributed by atoms with E-state index in [1.54, 1.807) is 6.07 Å². The molecule has 0 spiro atoms. The molecule has 1 aromatic carbocycles. The summed E-state index contributed by atoms with van der Waals surface area (Å²) in [6, 6.07) is 5.33. The lowest BCUT2D eigenvalue weighted by molar-refractivity contribution is -0.137. The minimum absolute atomic E-state index is 0.283. The SMILES string of the molecule is FC(F)(F)c1cccc(NC(=S)N[C@@H]2C[C@@H]3C=C[C@H]2C3)c1. The van der Waals surface area contributed by atoms with Gasteiger partial charge in [0.2, 0.25) is 0 Å². The molecule has 0 heterocycles. The number of allylic oxidation sites excluding steroid dienone is 1. The summed E-state index contributed by atoms with van der Waals surface area (Å²) < 4.78 is 38.0. The van der Waals surface area contributed by atoms with Crippen molar-refractivity contribution in [2.75, 3.05) is 5.32 Å². The second kappa shape index (κ2) is 5.33. The molecular weight excluding hydrogens is 297 g/mol. The normalized spacial score (nSPS) is 26.9. The number of alkyl halides is 3. The van der Waals surface area contributed by atoms with E-state index in [0.29, 0.717) is 22.6 Å². The van der Waals surface area contributed by atoms with Crippen LogP contribution in [0.25, 0.3) is 0 Å². The predicted octanol–water partition coefficient (Wildman–Crippen LogP) is 3.96. The first-order valence-electron chi connectivity index (χ1n) is 6.85. The van der Waals surface area contributed by atoms with Gasteiger partial charge in [-0.1, -0.05) is 18.2 Å². The van der Waals surface area contributed by atoms with Crippen LogP contribution < -0.4 is 10.6 Å². The molecule has 0 radical (unpaired) electrons. The van der Waals surface area contributed by atoms with Gasteiger partial charge in [-0.05, 0) is 55.1 Å². The zero-order chi connectivity index (χ0) is 15.0. The van der Waals surface area contributed by atoms with Crippen molar-refractivity contribution in [1.82, 2.24) is 5.32 Å². The smallest absolute Gasteiger partial charge is 0.359 e. The fourth-order valence-corrected chi connectivity index (χ4v) is 3.32. The Balaban J connectivity index is 1.61. The molecule has 112 valence electrons. The lowest BCUT2D eigenvalue weighted by Gasteiger charge is -2.22. The number of hydrogen-bond donors (Lipinski definition) is 2. The Labute approximate surface area is 126 Å². The molecule has 1 saturated carbocycles. The maximum atomic E-state index is 12.7. The molecule has 2 bridgehead atoms. The van der Waals surface area contributed by atoms with Gasteiger partial charge in [0.1, 0.15) is 0 Å². The summed E-state index contributed by atoms with van der Waals surface area (Å²) in [7, 11) is 0. The number of thiocarbonyl (C=S) groups is 1. The molecule has 0 unspecified atom stereocenters. The molecule has 1 fully saturated rings. The molecule has 21 heavy (non-hydrogen) atoms. The van der Waals surface area contributed by atoms with Crippen molar-refractivity contribution < 1.29 is 13.2 Å².